The summed E-state index contributed by atoms with van der Waals surface area (Å²) in [6.07, 6.45) is 3.65. The SMILES string of the molecule is Cc1cncc(-c2n[nH]c(=S)c(C)c2C)c1. The van der Waals surface area contributed by atoms with Crippen LogP contribution in [0.25, 0.3) is 11.3 Å². The highest BCUT2D eigenvalue weighted by Gasteiger charge is 2.07. The van der Waals surface area contributed by atoms with Crippen molar-refractivity contribution in [2.45, 2.75) is 20.8 Å². The van der Waals surface area contributed by atoms with E-state index in [9.17, 15) is 0 Å². The summed E-state index contributed by atoms with van der Waals surface area (Å²) in [6.45, 7) is 6.05. The lowest BCUT2D eigenvalue weighted by molar-refractivity contribution is 0.985. The lowest BCUT2D eigenvalue weighted by atomic mass is 10.1. The maximum absolute atomic E-state index is 5.14. The summed E-state index contributed by atoms with van der Waals surface area (Å²) in [5, 5.41) is 7.14. The summed E-state index contributed by atoms with van der Waals surface area (Å²) in [5.41, 5.74) is 5.24. The minimum atomic E-state index is 0.696. The van der Waals surface area contributed by atoms with E-state index in [-0.39, 0.29) is 0 Å². The van der Waals surface area contributed by atoms with E-state index >= 15 is 0 Å². The number of H-pyrrole nitrogens is 1. The molecule has 1 N–H and O–H groups in total. The molecule has 0 amide bonds. The topological polar surface area (TPSA) is 41.6 Å². The minimum absolute atomic E-state index is 0.696. The number of rotatable bonds is 1. The molecule has 0 atom stereocenters. The van der Waals surface area contributed by atoms with Crippen LogP contribution in [0, 0.1) is 25.4 Å². The van der Waals surface area contributed by atoms with Gasteiger partial charge in [-0.25, -0.2) is 0 Å². The fourth-order valence-electron chi connectivity index (χ4n) is 1.59. The molecular weight excluding hydrogens is 218 g/mol. The molecule has 0 aliphatic rings. The Labute approximate surface area is 99.6 Å². The molecule has 3 nitrogen and oxygen atoms in total. The predicted molar refractivity (Wildman–Crippen MR) is 66.9 cm³/mol. The monoisotopic (exact) mass is 231 g/mol. The van der Waals surface area contributed by atoms with E-state index in [0.717, 1.165) is 27.9 Å². The Kier molecular flexibility index (Phi) is 2.83. The van der Waals surface area contributed by atoms with E-state index in [1.165, 1.54) is 0 Å². The Hall–Kier alpha value is -1.55. The Morgan fingerprint density at radius 1 is 1.12 bits per heavy atom. The molecule has 4 heteroatoms. The maximum atomic E-state index is 5.14. The number of aryl methyl sites for hydroxylation is 1. The highest BCUT2D eigenvalue weighted by Crippen LogP contribution is 2.22. The molecule has 2 rings (SSSR count). The zero-order valence-electron chi connectivity index (χ0n) is 9.53. The fourth-order valence-corrected chi connectivity index (χ4v) is 1.79. The van der Waals surface area contributed by atoms with Gasteiger partial charge in [-0.2, -0.15) is 5.10 Å². The van der Waals surface area contributed by atoms with Crippen molar-refractivity contribution in [1.29, 1.82) is 0 Å². The molecule has 0 bridgehead atoms. The van der Waals surface area contributed by atoms with Crippen LogP contribution < -0.4 is 0 Å². The number of pyridine rings is 1. The average molecular weight is 231 g/mol. The van der Waals surface area contributed by atoms with Crippen LogP contribution in [0.2, 0.25) is 0 Å². The van der Waals surface area contributed by atoms with E-state index < -0.39 is 0 Å². The lowest BCUT2D eigenvalue weighted by Gasteiger charge is -2.07. The van der Waals surface area contributed by atoms with Gasteiger partial charge in [0.15, 0.2) is 0 Å². The summed E-state index contributed by atoms with van der Waals surface area (Å²) in [5.74, 6) is 0. The molecule has 0 radical (unpaired) electrons. The van der Waals surface area contributed by atoms with Gasteiger partial charge in [0.05, 0.1) is 5.69 Å². The van der Waals surface area contributed by atoms with Crippen LogP contribution >= 0.6 is 12.2 Å². The molecule has 0 saturated carbocycles. The first-order valence-corrected chi connectivity index (χ1v) is 5.48. The number of hydrogen-bond donors (Lipinski definition) is 1. The summed E-state index contributed by atoms with van der Waals surface area (Å²) in [7, 11) is 0. The molecule has 0 aromatic carbocycles. The first-order chi connectivity index (χ1) is 7.59. The van der Waals surface area contributed by atoms with Gasteiger partial charge < -0.3 is 0 Å². The Morgan fingerprint density at radius 3 is 2.56 bits per heavy atom. The number of aromatic nitrogens is 3. The van der Waals surface area contributed by atoms with Crippen LogP contribution in [0.15, 0.2) is 18.5 Å². The number of hydrogen-bond acceptors (Lipinski definition) is 3. The van der Waals surface area contributed by atoms with Crippen molar-refractivity contribution in [3.8, 4) is 11.3 Å². The number of nitrogens with zero attached hydrogens (tertiary/aromatic N) is 2. The van der Waals surface area contributed by atoms with E-state index in [1.807, 2.05) is 33.2 Å². The van der Waals surface area contributed by atoms with Crippen molar-refractivity contribution in [3.63, 3.8) is 0 Å². The fraction of sp³-hybridized carbons (Fsp3) is 0.250. The zero-order chi connectivity index (χ0) is 11.7. The molecular formula is C12H13N3S. The van der Waals surface area contributed by atoms with Gasteiger partial charge in [0, 0.05) is 18.0 Å². The standard InChI is InChI=1S/C12H13N3S/c1-7-4-10(6-13-5-7)11-8(2)9(3)12(16)15-14-11/h4-6H,1-3H3,(H,15,16). The van der Waals surface area contributed by atoms with Gasteiger partial charge in [-0.3, -0.25) is 10.1 Å². The molecule has 0 fully saturated rings. The normalized spacial score (nSPS) is 10.4. The quantitative estimate of drug-likeness (QED) is 0.767. The minimum Gasteiger partial charge on any atom is -0.267 e. The second kappa shape index (κ2) is 4.14. The van der Waals surface area contributed by atoms with Crippen LogP contribution in [0.3, 0.4) is 0 Å². The van der Waals surface area contributed by atoms with Crippen LogP contribution in [0.4, 0.5) is 0 Å². The molecule has 0 unspecified atom stereocenters. The van der Waals surface area contributed by atoms with Crippen molar-refractivity contribution in [3.05, 3.63) is 39.8 Å². The first-order valence-electron chi connectivity index (χ1n) is 5.07. The van der Waals surface area contributed by atoms with Gasteiger partial charge in [-0.05, 0) is 43.5 Å². The smallest absolute Gasteiger partial charge is 0.122 e. The lowest BCUT2D eigenvalue weighted by Crippen LogP contribution is -1.97. The van der Waals surface area contributed by atoms with Crippen LogP contribution in [-0.4, -0.2) is 15.2 Å². The predicted octanol–water partition coefficient (Wildman–Crippen LogP) is 3.13. The molecule has 2 aromatic rings. The highest BCUT2D eigenvalue weighted by atomic mass is 32.1. The summed E-state index contributed by atoms with van der Waals surface area (Å²) in [6, 6.07) is 2.07. The van der Waals surface area contributed by atoms with Gasteiger partial charge in [-0.15, -0.1) is 0 Å². The van der Waals surface area contributed by atoms with E-state index in [0.29, 0.717) is 4.64 Å². The Morgan fingerprint density at radius 2 is 1.88 bits per heavy atom. The van der Waals surface area contributed by atoms with Gasteiger partial charge in [0.25, 0.3) is 0 Å². The second-order valence-electron chi connectivity index (χ2n) is 3.90. The molecule has 0 aliphatic carbocycles. The first kappa shape index (κ1) is 11.0. The summed E-state index contributed by atoms with van der Waals surface area (Å²) in [4.78, 5) is 4.17. The third kappa shape index (κ3) is 1.88. The Balaban J connectivity index is 2.66. The second-order valence-corrected chi connectivity index (χ2v) is 4.31. The van der Waals surface area contributed by atoms with E-state index in [1.54, 1.807) is 0 Å². The van der Waals surface area contributed by atoms with Gasteiger partial charge in [0.2, 0.25) is 0 Å². The number of aromatic amines is 1. The Bertz CT molecular complexity index is 587. The highest BCUT2D eigenvalue weighted by molar-refractivity contribution is 7.71. The van der Waals surface area contributed by atoms with Crippen molar-refractivity contribution in [2.24, 2.45) is 0 Å². The van der Waals surface area contributed by atoms with Crippen LogP contribution in [0.1, 0.15) is 16.7 Å². The van der Waals surface area contributed by atoms with Gasteiger partial charge in [0.1, 0.15) is 4.64 Å². The molecule has 0 saturated heterocycles. The van der Waals surface area contributed by atoms with Crippen molar-refractivity contribution in [2.75, 3.05) is 0 Å². The summed E-state index contributed by atoms with van der Waals surface area (Å²) >= 11 is 5.14. The molecule has 16 heavy (non-hydrogen) atoms. The third-order valence-electron chi connectivity index (χ3n) is 2.68. The zero-order valence-corrected chi connectivity index (χ0v) is 10.4. The van der Waals surface area contributed by atoms with Crippen molar-refractivity contribution >= 4 is 12.2 Å². The van der Waals surface area contributed by atoms with Crippen LogP contribution in [-0.2, 0) is 0 Å². The van der Waals surface area contributed by atoms with Gasteiger partial charge in [-0.1, -0.05) is 12.2 Å². The van der Waals surface area contributed by atoms with E-state index in [4.69, 9.17) is 12.2 Å². The average Bonchev–Trinajstić information content (AvgIpc) is 2.26. The molecule has 2 heterocycles. The van der Waals surface area contributed by atoms with Crippen LogP contribution in [0.5, 0.6) is 0 Å². The van der Waals surface area contributed by atoms with Gasteiger partial charge >= 0.3 is 0 Å². The van der Waals surface area contributed by atoms with E-state index in [2.05, 4.69) is 21.2 Å². The molecule has 0 aliphatic heterocycles. The molecule has 82 valence electrons. The molecule has 0 spiro atoms. The third-order valence-corrected chi connectivity index (χ3v) is 3.07. The summed E-state index contributed by atoms with van der Waals surface area (Å²) < 4.78 is 0.696. The number of nitrogens with one attached hydrogen (secondary N) is 1. The van der Waals surface area contributed by atoms with Crippen molar-refractivity contribution < 1.29 is 0 Å². The molecule has 2 aromatic heterocycles. The van der Waals surface area contributed by atoms with Crippen molar-refractivity contribution in [1.82, 2.24) is 15.2 Å². The largest absolute Gasteiger partial charge is 0.267 e. The maximum Gasteiger partial charge on any atom is 0.122 e.